The van der Waals surface area contributed by atoms with Crippen LogP contribution in [0.5, 0.6) is 5.75 Å². The van der Waals surface area contributed by atoms with E-state index in [4.69, 9.17) is 4.74 Å². The van der Waals surface area contributed by atoms with Crippen LogP contribution in [0.1, 0.15) is 58.3 Å². The number of rotatable bonds is 10. The standard InChI is InChI=1S/C22H35N3O3S/c1-16(2)12-13-25-20(14-23-22(25)29(26,27)17(3)4)15-24(6)18(5)19-8-10-21(28-7)11-9-19/h8-11,14,16-18H,12-13,15H2,1-7H3/t18-/m0/s1. The van der Waals surface area contributed by atoms with Gasteiger partial charge < -0.3 is 9.30 Å². The second-order valence-corrected chi connectivity index (χ2v) is 10.7. The Bertz CT molecular complexity index is 887. The number of sulfone groups is 1. The van der Waals surface area contributed by atoms with Crippen molar-refractivity contribution in [2.75, 3.05) is 14.2 Å². The van der Waals surface area contributed by atoms with Gasteiger partial charge in [0.15, 0.2) is 0 Å². The van der Waals surface area contributed by atoms with Gasteiger partial charge in [0.2, 0.25) is 15.0 Å². The third kappa shape index (κ3) is 5.60. The maximum atomic E-state index is 12.8. The Morgan fingerprint density at radius 2 is 1.72 bits per heavy atom. The summed E-state index contributed by atoms with van der Waals surface area (Å²) >= 11 is 0. The molecule has 1 aromatic carbocycles. The van der Waals surface area contributed by atoms with Gasteiger partial charge in [-0.05, 0) is 57.9 Å². The topological polar surface area (TPSA) is 64.4 Å². The minimum Gasteiger partial charge on any atom is -0.497 e. The van der Waals surface area contributed by atoms with Gasteiger partial charge in [0, 0.05) is 19.1 Å². The van der Waals surface area contributed by atoms with Crippen molar-refractivity contribution in [3.05, 3.63) is 41.7 Å². The first-order valence-electron chi connectivity index (χ1n) is 10.2. The highest BCUT2D eigenvalue weighted by Gasteiger charge is 2.27. The van der Waals surface area contributed by atoms with Crippen LogP contribution in [-0.4, -0.2) is 42.3 Å². The van der Waals surface area contributed by atoms with E-state index in [-0.39, 0.29) is 11.2 Å². The first-order chi connectivity index (χ1) is 13.6. The second-order valence-electron chi connectivity index (χ2n) is 8.32. The monoisotopic (exact) mass is 421 g/mol. The van der Waals surface area contributed by atoms with E-state index in [9.17, 15) is 8.42 Å². The van der Waals surface area contributed by atoms with Gasteiger partial charge in [0.05, 0.1) is 24.3 Å². The van der Waals surface area contributed by atoms with Crippen LogP contribution in [0.4, 0.5) is 0 Å². The molecule has 0 aliphatic carbocycles. The summed E-state index contributed by atoms with van der Waals surface area (Å²) in [5.74, 6) is 1.31. The molecule has 1 aromatic heterocycles. The molecular weight excluding hydrogens is 386 g/mol. The maximum absolute atomic E-state index is 12.8. The average molecular weight is 422 g/mol. The molecule has 0 amide bonds. The quantitative estimate of drug-likeness (QED) is 0.572. The fourth-order valence-corrected chi connectivity index (χ4v) is 4.25. The highest BCUT2D eigenvalue weighted by Crippen LogP contribution is 2.25. The largest absolute Gasteiger partial charge is 0.497 e. The van der Waals surface area contributed by atoms with Gasteiger partial charge in [-0.3, -0.25) is 4.90 Å². The molecule has 0 saturated carbocycles. The highest BCUT2D eigenvalue weighted by molar-refractivity contribution is 7.91. The normalized spacial score (nSPS) is 13.4. The lowest BCUT2D eigenvalue weighted by Gasteiger charge is -2.26. The summed E-state index contributed by atoms with van der Waals surface area (Å²) in [6, 6.07) is 8.20. The van der Waals surface area contributed by atoms with Gasteiger partial charge in [-0.15, -0.1) is 0 Å². The van der Waals surface area contributed by atoms with Crippen molar-refractivity contribution in [3.8, 4) is 5.75 Å². The van der Waals surface area contributed by atoms with Crippen molar-refractivity contribution in [2.45, 2.75) is 70.6 Å². The minimum atomic E-state index is -3.43. The molecule has 29 heavy (non-hydrogen) atoms. The van der Waals surface area contributed by atoms with Crippen LogP contribution < -0.4 is 4.74 Å². The van der Waals surface area contributed by atoms with Crippen LogP contribution in [0.15, 0.2) is 35.6 Å². The van der Waals surface area contributed by atoms with Crippen molar-refractivity contribution in [1.29, 1.82) is 0 Å². The van der Waals surface area contributed by atoms with Crippen molar-refractivity contribution >= 4 is 9.84 Å². The van der Waals surface area contributed by atoms with E-state index in [1.54, 1.807) is 27.2 Å². The van der Waals surface area contributed by atoms with Crippen molar-refractivity contribution in [3.63, 3.8) is 0 Å². The summed E-state index contributed by atoms with van der Waals surface area (Å²) in [4.78, 5) is 6.53. The Hall–Kier alpha value is -1.86. The van der Waals surface area contributed by atoms with E-state index in [0.717, 1.165) is 17.9 Å². The average Bonchev–Trinajstić information content (AvgIpc) is 3.08. The number of hydrogen-bond acceptors (Lipinski definition) is 5. The zero-order valence-electron chi connectivity index (χ0n) is 18.7. The molecule has 1 heterocycles. The molecule has 7 heteroatoms. The summed E-state index contributed by atoms with van der Waals surface area (Å²) < 4.78 is 32.7. The Morgan fingerprint density at radius 1 is 1.10 bits per heavy atom. The summed E-state index contributed by atoms with van der Waals surface area (Å²) in [5.41, 5.74) is 2.10. The lowest BCUT2D eigenvalue weighted by molar-refractivity contribution is 0.244. The van der Waals surface area contributed by atoms with Crippen molar-refractivity contribution in [2.24, 2.45) is 5.92 Å². The van der Waals surface area contributed by atoms with E-state index >= 15 is 0 Å². The van der Waals surface area contributed by atoms with Crippen LogP contribution in [-0.2, 0) is 22.9 Å². The molecule has 0 bridgehead atoms. The third-order valence-electron chi connectivity index (χ3n) is 5.38. The molecule has 0 fully saturated rings. The molecule has 2 aromatic rings. The van der Waals surface area contributed by atoms with E-state index in [0.29, 0.717) is 19.0 Å². The summed E-state index contributed by atoms with van der Waals surface area (Å²) in [7, 11) is 0.274. The lowest BCUT2D eigenvalue weighted by atomic mass is 10.1. The predicted octanol–water partition coefficient (Wildman–Crippen LogP) is 4.31. The second kappa shape index (κ2) is 9.76. The number of methoxy groups -OCH3 is 1. The maximum Gasteiger partial charge on any atom is 0.228 e. The summed E-state index contributed by atoms with van der Waals surface area (Å²) in [6.45, 7) is 11.1. The molecule has 0 N–H and O–H groups in total. The molecular formula is C22H35N3O3S. The zero-order chi connectivity index (χ0) is 21.8. The number of benzene rings is 1. The lowest BCUT2D eigenvalue weighted by Crippen LogP contribution is -2.25. The number of ether oxygens (including phenoxy) is 1. The molecule has 162 valence electrons. The highest BCUT2D eigenvalue weighted by atomic mass is 32.2. The van der Waals surface area contributed by atoms with Gasteiger partial charge in [-0.2, -0.15) is 0 Å². The SMILES string of the molecule is COc1ccc([C@H](C)N(C)Cc2cnc(S(=O)(=O)C(C)C)n2CCC(C)C)cc1. The van der Waals surface area contributed by atoms with E-state index in [1.807, 2.05) is 23.7 Å². The Morgan fingerprint density at radius 3 is 2.24 bits per heavy atom. The molecule has 0 aliphatic rings. The smallest absolute Gasteiger partial charge is 0.228 e. The number of hydrogen-bond donors (Lipinski definition) is 0. The van der Waals surface area contributed by atoms with Crippen LogP contribution in [0, 0.1) is 5.92 Å². The van der Waals surface area contributed by atoms with Crippen LogP contribution in [0.25, 0.3) is 0 Å². The van der Waals surface area contributed by atoms with Crippen molar-refractivity contribution < 1.29 is 13.2 Å². The molecule has 6 nitrogen and oxygen atoms in total. The Kier molecular flexibility index (Phi) is 7.88. The van der Waals surface area contributed by atoms with Crippen LogP contribution >= 0.6 is 0 Å². The van der Waals surface area contributed by atoms with Gasteiger partial charge in [0.25, 0.3) is 0 Å². The fourth-order valence-electron chi connectivity index (χ4n) is 3.11. The molecule has 0 saturated heterocycles. The molecule has 0 radical (unpaired) electrons. The van der Waals surface area contributed by atoms with Gasteiger partial charge >= 0.3 is 0 Å². The first-order valence-corrected chi connectivity index (χ1v) is 11.7. The van der Waals surface area contributed by atoms with Gasteiger partial charge in [0.1, 0.15) is 5.75 Å². The number of aromatic nitrogens is 2. The molecule has 0 unspecified atom stereocenters. The van der Waals surface area contributed by atoms with Crippen LogP contribution in [0.2, 0.25) is 0 Å². The van der Waals surface area contributed by atoms with E-state index in [1.165, 1.54) is 5.56 Å². The molecule has 2 rings (SSSR count). The molecule has 1 atom stereocenters. The summed E-state index contributed by atoms with van der Waals surface area (Å²) in [6.07, 6.45) is 2.62. The summed E-state index contributed by atoms with van der Waals surface area (Å²) in [5, 5.41) is -0.305. The molecule has 0 spiro atoms. The minimum absolute atomic E-state index is 0.166. The fraction of sp³-hybridized carbons (Fsp3) is 0.591. The van der Waals surface area contributed by atoms with Gasteiger partial charge in [-0.25, -0.2) is 13.4 Å². The van der Waals surface area contributed by atoms with Crippen LogP contribution in [0.3, 0.4) is 0 Å². The predicted molar refractivity (Wildman–Crippen MR) is 117 cm³/mol. The van der Waals surface area contributed by atoms with Gasteiger partial charge in [-0.1, -0.05) is 26.0 Å². The first kappa shape index (κ1) is 23.4. The Labute approximate surface area is 175 Å². The van der Waals surface area contributed by atoms with E-state index < -0.39 is 15.1 Å². The number of nitrogens with zero attached hydrogens (tertiary/aromatic N) is 3. The molecule has 0 aliphatic heterocycles. The third-order valence-corrected chi connectivity index (χ3v) is 7.45. The zero-order valence-corrected chi connectivity index (χ0v) is 19.5. The number of imidazole rings is 1. The Balaban J connectivity index is 2.29. The van der Waals surface area contributed by atoms with E-state index in [2.05, 4.69) is 42.8 Å². The van der Waals surface area contributed by atoms with Crippen molar-refractivity contribution in [1.82, 2.24) is 14.5 Å².